The first kappa shape index (κ1) is 18.1. The molecule has 0 aliphatic heterocycles. The summed E-state index contributed by atoms with van der Waals surface area (Å²) in [6.07, 6.45) is 0. The van der Waals surface area contributed by atoms with Crippen LogP contribution in [0.4, 0.5) is 5.69 Å². The van der Waals surface area contributed by atoms with Crippen LogP contribution in [0.5, 0.6) is 0 Å². The Bertz CT molecular complexity index is 1170. The molecule has 0 fully saturated rings. The highest BCUT2D eigenvalue weighted by molar-refractivity contribution is 6.06. The second-order valence-corrected chi connectivity index (χ2v) is 7.13. The number of rotatable bonds is 4. The van der Waals surface area contributed by atoms with Gasteiger partial charge in [-0.1, -0.05) is 42.5 Å². The van der Waals surface area contributed by atoms with Gasteiger partial charge in [-0.2, -0.15) is 0 Å². The summed E-state index contributed by atoms with van der Waals surface area (Å²) in [6, 6.07) is 24.4. The first-order chi connectivity index (χ1) is 13.6. The number of fused-ring (bicyclic) bond motifs is 1. The second-order valence-electron chi connectivity index (χ2n) is 7.13. The number of hydrogen-bond acceptors (Lipinski definition) is 1. The Labute approximate surface area is 165 Å². The lowest BCUT2D eigenvalue weighted by atomic mass is 10.1. The van der Waals surface area contributed by atoms with Crippen molar-refractivity contribution >= 4 is 22.5 Å². The van der Waals surface area contributed by atoms with Gasteiger partial charge < -0.3 is 9.88 Å². The van der Waals surface area contributed by atoms with Gasteiger partial charge >= 0.3 is 0 Å². The minimum Gasteiger partial charge on any atom is -0.341 e. The van der Waals surface area contributed by atoms with Crippen LogP contribution in [0.2, 0.25) is 0 Å². The molecule has 3 nitrogen and oxygen atoms in total. The first-order valence-electron chi connectivity index (χ1n) is 9.64. The normalized spacial score (nSPS) is 11.0. The van der Waals surface area contributed by atoms with Crippen LogP contribution in [0.1, 0.15) is 28.4 Å². The van der Waals surface area contributed by atoms with Gasteiger partial charge in [0.15, 0.2) is 0 Å². The van der Waals surface area contributed by atoms with Crippen LogP contribution in [-0.4, -0.2) is 10.5 Å². The maximum absolute atomic E-state index is 12.6. The Morgan fingerprint density at radius 2 is 1.61 bits per heavy atom. The van der Waals surface area contributed by atoms with Gasteiger partial charge in [0, 0.05) is 40.0 Å². The molecule has 1 heterocycles. The smallest absolute Gasteiger partial charge is 0.255 e. The van der Waals surface area contributed by atoms with Gasteiger partial charge in [-0.05, 0) is 62.2 Å². The van der Waals surface area contributed by atoms with E-state index in [-0.39, 0.29) is 5.91 Å². The number of nitrogens with one attached hydrogen (secondary N) is 1. The molecule has 4 rings (SSSR count). The molecule has 0 spiro atoms. The molecule has 0 atom stereocenters. The zero-order valence-corrected chi connectivity index (χ0v) is 16.5. The van der Waals surface area contributed by atoms with Gasteiger partial charge in [-0.3, -0.25) is 4.79 Å². The molecule has 0 aliphatic carbocycles. The molecule has 0 aliphatic rings. The number of aromatic nitrogens is 1. The van der Waals surface area contributed by atoms with Gasteiger partial charge in [-0.25, -0.2) is 0 Å². The molecule has 1 N–H and O–H groups in total. The Kier molecular flexibility index (Phi) is 4.74. The minimum absolute atomic E-state index is 0.0773. The molecule has 0 unspecified atom stereocenters. The highest BCUT2D eigenvalue weighted by atomic mass is 16.1. The molecule has 3 heteroatoms. The number of carbonyl (C=O) groups is 1. The van der Waals surface area contributed by atoms with Crippen LogP contribution >= 0.6 is 0 Å². The highest BCUT2D eigenvalue weighted by Gasteiger charge is 2.13. The molecule has 3 aromatic carbocycles. The fourth-order valence-corrected chi connectivity index (χ4v) is 3.80. The zero-order chi connectivity index (χ0) is 19.7. The molecule has 1 amide bonds. The average molecular weight is 368 g/mol. The van der Waals surface area contributed by atoms with E-state index >= 15 is 0 Å². The quantitative estimate of drug-likeness (QED) is 0.457. The van der Waals surface area contributed by atoms with Crippen molar-refractivity contribution in [1.29, 1.82) is 0 Å². The van der Waals surface area contributed by atoms with E-state index in [1.807, 2.05) is 37.3 Å². The fraction of sp³-hybridized carbons (Fsp3) is 0.160. The predicted octanol–water partition coefficient (Wildman–Crippen LogP) is 6.20. The lowest BCUT2D eigenvalue weighted by Crippen LogP contribution is -2.13. The predicted molar refractivity (Wildman–Crippen MR) is 117 cm³/mol. The summed E-state index contributed by atoms with van der Waals surface area (Å²) in [5.41, 5.74) is 7.37. The van der Waals surface area contributed by atoms with Crippen LogP contribution in [0.3, 0.4) is 0 Å². The zero-order valence-electron chi connectivity index (χ0n) is 16.5. The van der Waals surface area contributed by atoms with Gasteiger partial charge in [0.1, 0.15) is 0 Å². The maximum Gasteiger partial charge on any atom is 0.255 e. The van der Waals surface area contributed by atoms with Crippen LogP contribution < -0.4 is 5.32 Å². The third kappa shape index (κ3) is 3.20. The number of anilines is 1. The van der Waals surface area contributed by atoms with Crippen molar-refractivity contribution in [2.45, 2.75) is 27.3 Å². The van der Waals surface area contributed by atoms with Crippen molar-refractivity contribution in [3.63, 3.8) is 0 Å². The summed E-state index contributed by atoms with van der Waals surface area (Å²) >= 11 is 0. The van der Waals surface area contributed by atoms with Gasteiger partial charge in [0.05, 0.1) is 0 Å². The Hall–Kier alpha value is -3.33. The van der Waals surface area contributed by atoms with Gasteiger partial charge in [0.25, 0.3) is 5.91 Å². The Morgan fingerprint density at radius 3 is 2.32 bits per heavy atom. The molecule has 4 aromatic rings. The summed E-state index contributed by atoms with van der Waals surface area (Å²) in [6.45, 7) is 7.14. The summed E-state index contributed by atoms with van der Waals surface area (Å²) < 4.78 is 2.32. The summed E-state index contributed by atoms with van der Waals surface area (Å²) in [5.74, 6) is -0.0773. The van der Waals surface area contributed by atoms with E-state index in [4.69, 9.17) is 0 Å². The van der Waals surface area contributed by atoms with Crippen molar-refractivity contribution in [3.8, 4) is 11.3 Å². The average Bonchev–Trinajstić information content (AvgIpc) is 3.06. The molecule has 140 valence electrons. The molecule has 0 saturated carbocycles. The number of hydrogen-bond donors (Lipinski definition) is 1. The highest BCUT2D eigenvalue weighted by Crippen LogP contribution is 2.31. The van der Waals surface area contributed by atoms with Gasteiger partial charge in [-0.15, -0.1) is 0 Å². The standard InChI is InChI=1S/C25H24N2O/c1-4-27-23-14-13-20(26-25(28)22-12-8-6-10-18(22)3)15-19(23)16-24(27)21-11-7-5-9-17(21)2/h5-16H,4H2,1-3H3,(H,26,28). The lowest BCUT2D eigenvalue weighted by molar-refractivity contribution is 0.102. The van der Waals surface area contributed by atoms with E-state index in [2.05, 4.69) is 66.2 Å². The van der Waals surface area contributed by atoms with Crippen molar-refractivity contribution < 1.29 is 4.79 Å². The molecular formula is C25H24N2O. The Balaban J connectivity index is 1.73. The van der Waals surface area contributed by atoms with Crippen LogP contribution in [0, 0.1) is 13.8 Å². The number of aryl methyl sites for hydroxylation is 3. The molecule has 28 heavy (non-hydrogen) atoms. The second kappa shape index (κ2) is 7.35. The van der Waals surface area contributed by atoms with E-state index < -0.39 is 0 Å². The van der Waals surface area contributed by atoms with E-state index in [0.29, 0.717) is 5.56 Å². The van der Waals surface area contributed by atoms with Crippen molar-refractivity contribution in [2.75, 3.05) is 5.32 Å². The van der Waals surface area contributed by atoms with Crippen LogP contribution in [0.25, 0.3) is 22.2 Å². The van der Waals surface area contributed by atoms with Gasteiger partial charge in [0.2, 0.25) is 0 Å². The number of benzene rings is 3. The van der Waals surface area contributed by atoms with Crippen molar-refractivity contribution in [3.05, 3.63) is 89.5 Å². The maximum atomic E-state index is 12.6. The fourth-order valence-electron chi connectivity index (χ4n) is 3.80. The third-order valence-corrected chi connectivity index (χ3v) is 5.29. The SMILES string of the molecule is CCn1c(-c2ccccc2C)cc2cc(NC(=O)c3ccccc3C)ccc21. The Morgan fingerprint density at radius 1 is 0.893 bits per heavy atom. The monoisotopic (exact) mass is 368 g/mol. The third-order valence-electron chi connectivity index (χ3n) is 5.29. The lowest BCUT2D eigenvalue weighted by Gasteiger charge is -2.11. The molecule has 0 radical (unpaired) electrons. The van der Waals surface area contributed by atoms with E-state index in [1.54, 1.807) is 0 Å². The molecular weight excluding hydrogens is 344 g/mol. The number of carbonyl (C=O) groups excluding carboxylic acids is 1. The first-order valence-corrected chi connectivity index (χ1v) is 9.64. The largest absolute Gasteiger partial charge is 0.341 e. The van der Waals surface area contributed by atoms with Crippen LogP contribution in [0.15, 0.2) is 72.8 Å². The van der Waals surface area contributed by atoms with Crippen LogP contribution in [-0.2, 0) is 6.54 Å². The molecule has 0 saturated heterocycles. The van der Waals surface area contributed by atoms with Crippen molar-refractivity contribution in [2.24, 2.45) is 0 Å². The van der Waals surface area contributed by atoms with E-state index in [9.17, 15) is 4.79 Å². The molecule has 1 aromatic heterocycles. The number of nitrogens with zero attached hydrogens (tertiary/aromatic N) is 1. The number of amides is 1. The summed E-state index contributed by atoms with van der Waals surface area (Å²) in [4.78, 5) is 12.6. The minimum atomic E-state index is -0.0773. The summed E-state index contributed by atoms with van der Waals surface area (Å²) in [7, 11) is 0. The topological polar surface area (TPSA) is 34.0 Å². The van der Waals surface area contributed by atoms with E-state index in [1.165, 1.54) is 22.3 Å². The van der Waals surface area contributed by atoms with Crippen molar-refractivity contribution in [1.82, 2.24) is 4.57 Å². The summed E-state index contributed by atoms with van der Waals surface area (Å²) in [5, 5.41) is 4.17. The van der Waals surface area contributed by atoms with E-state index in [0.717, 1.165) is 23.2 Å². The molecule has 0 bridgehead atoms.